The molecule has 0 saturated carbocycles. The summed E-state index contributed by atoms with van der Waals surface area (Å²) in [7, 11) is 0. The SMILES string of the molecule is Cc1cc(/C=N\NCc2ccccn2)c(C)n1-c1cccc(C(=O)O)c1. The van der Waals surface area contributed by atoms with Crippen molar-refractivity contribution >= 4 is 12.2 Å². The van der Waals surface area contributed by atoms with Gasteiger partial charge in [-0.1, -0.05) is 12.1 Å². The summed E-state index contributed by atoms with van der Waals surface area (Å²) >= 11 is 0. The highest BCUT2D eigenvalue weighted by Crippen LogP contribution is 2.20. The van der Waals surface area contributed by atoms with Crippen LogP contribution in [-0.4, -0.2) is 26.8 Å². The number of hydrogen-bond donors (Lipinski definition) is 2. The van der Waals surface area contributed by atoms with Crippen LogP contribution < -0.4 is 5.43 Å². The lowest BCUT2D eigenvalue weighted by Crippen LogP contribution is -2.07. The number of aromatic nitrogens is 2. The van der Waals surface area contributed by atoms with Crippen LogP contribution in [0.3, 0.4) is 0 Å². The van der Waals surface area contributed by atoms with Crippen LogP contribution in [0, 0.1) is 13.8 Å². The number of carboxylic acids is 1. The van der Waals surface area contributed by atoms with Crippen LogP contribution in [0.25, 0.3) is 5.69 Å². The van der Waals surface area contributed by atoms with Crippen molar-refractivity contribution in [2.75, 3.05) is 0 Å². The van der Waals surface area contributed by atoms with Crippen molar-refractivity contribution in [1.29, 1.82) is 0 Å². The normalized spacial score (nSPS) is 11.0. The third-order valence-electron chi connectivity index (χ3n) is 4.10. The number of nitrogens with zero attached hydrogens (tertiary/aromatic N) is 3. The zero-order chi connectivity index (χ0) is 18.5. The van der Waals surface area contributed by atoms with E-state index in [1.807, 2.05) is 48.7 Å². The second-order valence-corrected chi connectivity index (χ2v) is 5.93. The molecule has 132 valence electrons. The highest BCUT2D eigenvalue weighted by atomic mass is 16.4. The fourth-order valence-electron chi connectivity index (χ4n) is 2.84. The van der Waals surface area contributed by atoms with E-state index in [1.54, 1.807) is 30.6 Å². The van der Waals surface area contributed by atoms with E-state index in [1.165, 1.54) is 0 Å². The van der Waals surface area contributed by atoms with E-state index in [0.29, 0.717) is 6.54 Å². The number of benzene rings is 1. The lowest BCUT2D eigenvalue weighted by molar-refractivity contribution is 0.0697. The maximum atomic E-state index is 11.2. The van der Waals surface area contributed by atoms with Crippen LogP contribution >= 0.6 is 0 Å². The third kappa shape index (κ3) is 3.80. The Morgan fingerprint density at radius 1 is 1.23 bits per heavy atom. The molecule has 6 nitrogen and oxygen atoms in total. The predicted octanol–water partition coefficient (Wildman–Crippen LogP) is 3.31. The highest BCUT2D eigenvalue weighted by molar-refractivity contribution is 5.88. The maximum Gasteiger partial charge on any atom is 0.335 e. The Labute approximate surface area is 151 Å². The van der Waals surface area contributed by atoms with Crippen molar-refractivity contribution in [1.82, 2.24) is 15.0 Å². The van der Waals surface area contributed by atoms with Gasteiger partial charge < -0.3 is 15.1 Å². The summed E-state index contributed by atoms with van der Waals surface area (Å²) in [6, 6.07) is 14.7. The average molecular weight is 348 g/mol. The lowest BCUT2D eigenvalue weighted by atomic mass is 10.2. The topological polar surface area (TPSA) is 79.5 Å². The standard InChI is InChI=1S/C20H20N4O2/c1-14-10-17(12-22-23-13-18-7-3-4-9-21-18)15(2)24(14)19-8-5-6-16(11-19)20(25)26/h3-12,23H,13H2,1-2H3,(H,25,26)/b22-12-. The van der Waals surface area contributed by atoms with E-state index in [0.717, 1.165) is 28.3 Å². The molecule has 6 heteroatoms. The molecule has 0 fully saturated rings. The summed E-state index contributed by atoms with van der Waals surface area (Å²) in [5.74, 6) is -0.935. The lowest BCUT2D eigenvalue weighted by Gasteiger charge is -2.10. The minimum atomic E-state index is -0.935. The van der Waals surface area contributed by atoms with Crippen LogP contribution in [0.4, 0.5) is 0 Å². The number of aryl methyl sites for hydroxylation is 1. The van der Waals surface area contributed by atoms with Gasteiger partial charge in [-0.3, -0.25) is 4.98 Å². The first kappa shape index (κ1) is 17.4. The second kappa shape index (κ2) is 7.65. The molecular weight excluding hydrogens is 328 g/mol. The van der Waals surface area contributed by atoms with E-state index in [2.05, 4.69) is 15.5 Å². The molecule has 0 spiro atoms. The van der Waals surface area contributed by atoms with Crippen molar-refractivity contribution in [3.63, 3.8) is 0 Å². The van der Waals surface area contributed by atoms with Crippen molar-refractivity contribution in [3.8, 4) is 5.69 Å². The number of aromatic carboxylic acids is 1. The number of nitrogens with one attached hydrogen (secondary N) is 1. The molecule has 0 aliphatic heterocycles. The van der Waals surface area contributed by atoms with Gasteiger partial charge in [0.05, 0.1) is 24.0 Å². The van der Waals surface area contributed by atoms with Crippen molar-refractivity contribution in [2.45, 2.75) is 20.4 Å². The Morgan fingerprint density at radius 3 is 2.81 bits per heavy atom. The van der Waals surface area contributed by atoms with Crippen LogP contribution in [0.15, 0.2) is 59.8 Å². The van der Waals surface area contributed by atoms with E-state index in [-0.39, 0.29) is 5.56 Å². The zero-order valence-electron chi connectivity index (χ0n) is 14.7. The number of carboxylic acid groups (broad SMARTS) is 1. The number of rotatable bonds is 6. The first-order valence-electron chi connectivity index (χ1n) is 8.25. The van der Waals surface area contributed by atoms with Gasteiger partial charge in [0.2, 0.25) is 0 Å². The number of pyridine rings is 1. The number of hydrogen-bond acceptors (Lipinski definition) is 4. The molecule has 0 aliphatic carbocycles. The smallest absolute Gasteiger partial charge is 0.335 e. The molecule has 2 N–H and O–H groups in total. The van der Waals surface area contributed by atoms with Gasteiger partial charge in [-0.2, -0.15) is 5.10 Å². The third-order valence-corrected chi connectivity index (χ3v) is 4.10. The molecule has 0 radical (unpaired) electrons. The predicted molar refractivity (Wildman–Crippen MR) is 101 cm³/mol. The summed E-state index contributed by atoms with van der Waals surface area (Å²) in [6.45, 7) is 4.52. The molecule has 0 unspecified atom stereocenters. The van der Waals surface area contributed by atoms with E-state index >= 15 is 0 Å². The fourth-order valence-corrected chi connectivity index (χ4v) is 2.84. The van der Waals surface area contributed by atoms with Crippen LogP contribution in [0.2, 0.25) is 0 Å². The Balaban J connectivity index is 1.78. The highest BCUT2D eigenvalue weighted by Gasteiger charge is 2.11. The molecular formula is C20H20N4O2. The second-order valence-electron chi connectivity index (χ2n) is 5.93. The minimum absolute atomic E-state index is 0.266. The van der Waals surface area contributed by atoms with Gasteiger partial charge in [0.25, 0.3) is 0 Å². The monoisotopic (exact) mass is 348 g/mol. The summed E-state index contributed by atoms with van der Waals surface area (Å²) < 4.78 is 2.02. The summed E-state index contributed by atoms with van der Waals surface area (Å²) in [6.07, 6.45) is 3.52. The molecule has 0 saturated heterocycles. The number of carbonyl (C=O) groups is 1. The molecule has 2 aromatic heterocycles. The van der Waals surface area contributed by atoms with Gasteiger partial charge >= 0.3 is 5.97 Å². The molecule has 26 heavy (non-hydrogen) atoms. The van der Waals surface area contributed by atoms with Crippen molar-refractivity contribution in [3.05, 3.63) is 82.9 Å². The Kier molecular flexibility index (Phi) is 5.12. The van der Waals surface area contributed by atoms with Gasteiger partial charge in [-0.25, -0.2) is 4.79 Å². The Hall–Kier alpha value is -3.41. The first-order valence-corrected chi connectivity index (χ1v) is 8.25. The van der Waals surface area contributed by atoms with E-state index in [4.69, 9.17) is 0 Å². The molecule has 0 atom stereocenters. The minimum Gasteiger partial charge on any atom is -0.478 e. The molecule has 0 aliphatic rings. The molecule has 2 heterocycles. The maximum absolute atomic E-state index is 11.2. The quantitative estimate of drug-likeness (QED) is 0.529. The Bertz CT molecular complexity index is 946. The number of hydrazone groups is 1. The van der Waals surface area contributed by atoms with Crippen LogP contribution in [-0.2, 0) is 6.54 Å². The largest absolute Gasteiger partial charge is 0.478 e. The molecule has 3 aromatic rings. The molecule has 3 rings (SSSR count). The van der Waals surface area contributed by atoms with Crippen LogP contribution in [0.1, 0.15) is 33.0 Å². The summed E-state index contributed by atoms with van der Waals surface area (Å²) in [5.41, 5.74) is 7.97. The Morgan fingerprint density at radius 2 is 2.08 bits per heavy atom. The fraction of sp³-hybridized carbons (Fsp3) is 0.150. The summed E-state index contributed by atoms with van der Waals surface area (Å²) in [4.78, 5) is 15.4. The van der Waals surface area contributed by atoms with Gasteiger partial charge in [0.1, 0.15) is 0 Å². The van der Waals surface area contributed by atoms with Crippen molar-refractivity contribution < 1.29 is 9.90 Å². The van der Waals surface area contributed by atoms with Gasteiger partial charge in [-0.05, 0) is 50.2 Å². The van der Waals surface area contributed by atoms with Gasteiger partial charge in [-0.15, -0.1) is 0 Å². The first-order chi connectivity index (χ1) is 12.6. The van der Waals surface area contributed by atoms with Crippen molar-refractivity contribution in [2.24, 2.45) is 5.10 Å². The van der Waals surface area contributed by atoms with Crippen LogP contribution in [0.5, 0.6) is 0 Å². The van der Waals surface area contributed by atoms with E-state index in [9.17, 15) is 9.90 Å². The van der Waals surface area contributed by atoms with Gasteiger partial charge in [0.15, 0.2) is 0 Å². The average Bonchev–Trinajstić information content (AvgIpc) is 2.93. The molecule has 0 bridgehead atoms. The summed E-state index contributed by atoms with van der Waals surface area (Å²) in [5, 5.41) is 13.5. The van der Waals surface area contributed by atoms with E-state index < -0.39 is 5.97 Å². The zero-order valence-corrected chi connectivity index (χ0v) is 14.7. The van der Waals surface area contributed by atoms with Gasteiger partial charge in [0, 0.05) is 28.8 Å². The molecule has 0 amide bonds. The molecule has 1 aromatic carbocycles.